The van der Waals surface area contributed by atoms with E-state index in [1.165, 1.54) is 11.9 Å². The lowest BCUT2D eigenvalue weighted by molar-refractivity contribution is -0.0466. The van der Waals surface area contributed by atoms with E-state index in [4.69, 9.17) is 15.5 Å². The number of rotatable bonds is 9. The van der Waals surface area contributed by atoms with Gasteiger partial charge in [0, 0.05) is 25.2 Å². The number of aromatic amines is 1. The van der Waals surface area contributed by atoms with E-state index in [1.54, 1.807) is 16.8 Å². The van der Waals surface area contributed by atoms with Crippen LogP contribution in [0.15, 0.2) is 36.8 Å². The van der Waals surface area contributed by atoms with E-state index in [0.717, 1.165) is 42.7 Å². The number of nitrogens with one attached hydrogen (secondary N) is 1. The number of H-pyrrole nitrogens is 1. The van der Waals surface area contributed by atoms with E-state index >= 15 is 0 Å². The number of hydrogen-bond acceptors (Lipinski definition) is 8. The maximum Gasteiger partial charge on any atom is 0.164 e. The molecule has 5 rings (SSSR count). The Morgan fingerprint density at radius 3 is 2.67 bits per heavy atom. The number of anilines is 1. The minimum atomic E-state index is -1.08. The fourth-order valence-corrected chi connectivity index (χ4v) is 5.35. The van der Waals surface area contributed by atoms with Crippen LogP contribution in [-0.4, -0.2) is 77.1 Å². The highest BCUT2D eigenvalue weighted by atomic mass is 16.6. The van der Waals surface area contributed by atoms with Gasteiger partial charge in [0.25, 0.3) is 0 Å². The highest BCUT2D eigenvalue weighted by Gasteiger charge is 2.44. The molecular formula is C29H41N7O3. The Morgan fingerprint density at radius 2 is 1.92 bits per heavy atom. The summed E-state index contributed by atoms with van der Waals surface area (Å²) in [4.78, 5) is 18.9. The van der Waals surface area contributed by atoms with Crippen LogP contribution in [-0.2, 0) is 16.6 Å². The molecule has 4 aromatic rings. The Morgan fingerprint density at radius 1 is 1.13 bits per heavy atom. The van der Waals surface area contributed by atoms with Gasteiger partial charge < -0.3 is 30.2 Å². The van der Waals surface area contributed by atoms with Crippen LogP contribution in [0.2, 0.25) is 0 Å². The summed E-state index contributed by atoms with van der Waals surface area (Å²) in [6.07, 6.45) is 2.62. The molecule has 0 radical (unpaired) electrons. The second-order valence-corrected chi connectivity index (χ2v) is 12.0. The summed E-state index contributed by atoms with van der Waals surface area (Å²) in [6.45, 7) is 12.3. The maximum atomic E-state index is 10.9. The molecule has 10 heteroatoms. The summed E-state index contributed by atoms with van der Waals surface area (Å²) >= 11 is 0. The normalized spacial score (nSPS) is 22.2. The predicted molar refractivity (Wildman–Crippen MR) is 152 cm³/mol. The molecule has 0 aliphatic carbocycles. The molecule has 1 saturated heterocycles. The van der Waals surface area contributed by atoms with Crippen molar-refractivity contribution in [3.63, 3.8) is 0 Å². The zero-order valence-corrected chi connectivity index (χ0v) is 23.5. The summed E-state index contributed by atoms with van der Waals surface area (Å²) in [5.74, 6) is 1.38. The molecule has 0 bridgehead atoms. The van der Waals surface area contributed by atoms with Crippen molar-refractivity contribution in [3.8, 4) is 0 Å². The van der Waals surface area contributed by atoms with Crippen LogP contribution in [0.25, 0.3) is 22.1 Å². The fourth-order valence-electron chi connectivity index (χ4n) is 5.35. The molecule has 210 valence electrons. The minimum absolute atomic E-state index is 0.102. The third-order valence-electron chi connectivity index (χ3n) is 7.80. The summed E-state index contributed by atoms with van der Waals surface area (Å²) < 4.78 is 7.93. The zero-order chi connectivity index (χ0) is 27.9. The van der Waals surface area contributed by atoms with E-state index in [0.29, 0.717) is 23.4 Å². The number of aryl methyl sites for hydroxylation is 1. The van der Waals surface area contributed by atoms with Crippen LogP contribution in [0.4, 0.5) is 5.82 Å². The number of benzene rings is 1. The van der Waals surface area contributed by atoms with Gasteiger partial charge in [0.15, 0.2) is 6.23 Å². The van der Waals surface area contributed by atoms with Crippen LogP contribution in [0.1, 0.15) is 65.1 Å². The molecule has 10 nitrogen and oxygen atoms in total. The Balaban J connectivity index is 1.18. The molecule has 4 atom stereocenters. The van der Waals surface area contributed by atoms with Crippen molar-refractivity contribution in [1.82, 2.24) is 29.4 Å². The van der Waals surface area contributed by atoms with Gasteiger partial charge in [0.1, 0.15) is 41.9 Å². The van der Waals surface area contributed by atoms with Crippen LogP contribution < -0.4 is 5.73 Å². The number of nitrogens with zero attached hydrogens (tertiary/aromatic N) is 5. The first-order chi connectivity index (χ1) is 18.5. The first-order valence-corrected chi connectivity index (χ1v) is 13.8. The van der Waals surface area contributed by atoms with E-state index in [2.05, 4.69) is 72.7 Å². The Kier molecular flexibility index (Phi) is 7.65. The molecule has 39 heavy (non-hydrogen) atoms. The van der Waals surface area contributed by atoms with Gasteiger partial charge in [-0.15, -0.1) is 0 Å². The first-order valence-electron chi connectivity index (χ1n) is 13.8. The van der Waals surface area contributed by atoms with Crippen molar-refractivity contribution in [1.29, 1.82) is 0 Å². The predicted octanol–water partition coefficient (Wildman–Crippen LogP) is 3.54. The zero-order valence-electron chi connectivity index (χ0n) is 23.5. The number of fused-ring (bicyclic) bond motifs is 2. The average Bonchev–Trinajstić information content (AvgIpc) is 3.57. The number of hydrogen-bond donors (Lipinski definition) is 4. The number of nitrogen functional groups attached to an aromatic ring is 1. The van der Waals surface area contributed by atoms with Crippen molar-refractivity contribution >= 4 is 27.9 Å². The minimum Gasteiger partial charge on any atom is -0.387 e. The Bertz CT molecular complexity index is 1420. The number of aliphatic hydroxyl groups is 2. The number of nitrogens with two attached hydrogens (primary N) is 1. The largest absolute Gasteiger partial charge is 0.387 e. The molecule has 0 spiro atoms. The van der Waals surface area contributed by atoms with Gasteiger partial charge in [-0.25, -0.2) is 15.0 Å². The fraction of sp³-hybridized carbons (Fsp3) is 0.552. The molecule has 1 unspecified atom stereocenters. The second-order valence-electron chi connectivity index (χ2n) is 12.0. The number of ether oxygens (including phenoxy) is 1. The number of unbranched alkanes of at least 4 members (excludes halogenated alkanes) is 1. The lowest BCUT2D eigenvalue weighted by Gasteiger charge is -2.30. The SMILES string of the molecule is CC(C)N(CCCCc1nc2ccc(C(C)(C)C)cc2[nH]1)C[C@H]1O[C@@H](n2ccc3c(N)ncnc32)C(O)[C@@H]1O. The molecule has 1 aliphatic heterocycles. The standard InChI is InChI=1S/C29H41N7O3/c1-17(2)35(12-7-6-8-23-33-20-10-9-18(29(3,4)5)14-21(20)34-23)15-22-24(37)25(38)28(39-22)36-13-11-19-26(30)31-16-32-27(19)36/h9-11,13-14,16-17,22,24-25,28,37-38H,6-8,12,15H2,1-5H3,(H,33,34)(H2,30,31,32)/t22-,24-,25?,28-/m1/s1. The third kappa shape index (κ3) is 5.65. The van der Waals surface area contributed by atoms with Gasteiger partial charge >= 0.3 is 0 Å². The van der Waals surface area contributed by atoms with Crippen molar-refractivity contribution < 1.29 is 14.9 Å². The molecule has 0 saturated carbocycles. The van der Waals surface area contributed by atoms with Crippen LogP contribution in [0.3, 0.4) is 0 Å². The summed E-state index contributed by atoms with van der Waals surface area (Å²) in [6, 6.07) is 8.53. The van der Waals surface area contributed by atoms with Gasteiger partial charge in [-0.2, -0.15) is 0 Å². The summed E-state index contributed by atoms with van der Waals surface area (Å²) in [5.41, 5.74) is 10.0. The third-order valence-corrected chi connectivity index (χ3v) is 7.80. The average molecular weight is 536 g/mol. The van der Waals surface area contributed by atoms with E-state index in [1.807, 2.05) is 0 Å². The molecule has 5 N–H and O–H groups in total. The van der Waals surface area contributed by atoms with E-state index in [-0.39, 0.29) is 11.5 Å². The molecule has 1 aromatic carbocycles. The van der Waals surface area contributed by atoms with Crippen LogP contribution in [0, 0.1) is 0 Å². The molecule has 4 heterocycles. The molecule has 3 aromatic heterocycles. The monoisotopic (exact) mass is 535 g/mol. The van der Waals surface area contributed by atoms with Gasteiger partial charge in [-0.05, 0) is 62.4 Å². The van der Waals surface area contributed by atoms with E-state index < -0.39 is 24.5 Å². The summed E-state index contributed by atoms with van der Waals surface area (Å²) in [5, 5.41) is 22.4. The highest BCUT2D eigenvalue weighted by Crippen LogP contribution is 2.33. The van der Waals surface area contributed by atoms with Gasteiger partial charge in [0.05, 0.1) is 16.4 Å². The first kappa shape index (κ1) is 27.5. The number of aromatic nitrogens is 5. The molecule has 0 amide bonds. The van der Waals surface area contributed by atoms with Gasteiger partial charge in [-0.1, -0.05) is 26.8 Å². The van der Waals surface area contributed by atoms with Gasteiger partial charge in [-0.3, -0.25) is 4.90 Å². The van der Waals surface area contributed by atoms with Crippen LogP contribution >= 0.6 is 0 Å². The van der Waals surface area contributed by atoms with Crippen LogP contribution in [0.5, 0.6) is 0 Å². The number of imidazole rings is 1. The second kappa shape index (κ2) is 10.8. The van der Waals surface area contributed by atoms with Crippen molar-refractivity contribution in [3.05, 3.63) is 48.2 Å². The van der Waals surface area contributed by atoms with E-state index in [9.17, 15) is 10.2 Å². The molecular weight excluding hydrogens is 494 g/mol. The van der Waals surface area contributed by atoms with Gasteiger partial charge in [0.2, 0.25) is 0 Å². The lowest BCUT2D eigenvalue weighted by atomic mass is 9.87. The molecule has 1 fully saturated rings. The van der Waals surface area contributed by atoms with Crippen molar-refractivity contribution in [2.24, 2.45) is 0 Å². The summed E-state index contributed by atoms with van der Waals surface area (Å²) in [7, 11) is 0. The topological polar surface area (TPSA) is 138 Å². The Labute approximate surface area is 229 Å². The Hall–Kier alpha value is -3.05. The smallest absolute Gasteiger partial charge is 0.164 e. The highest BCUT2D eigenvalue weighted by molar-refractivity contribution is 5.86. The lowest BCUT2D eigenvalue weighted by Crippen LogP contribution is -2.43. The number of aliphatic hydroxyl groups excluding tert-OH is 2. The maximum absolute atomic E-state index is 10.9. The quantitative estimate of drug-likeness (QED) is 0.239. The van der Waals surface area contributed by atoms with Crippen molar-refractivity contribution in [2.45, 2.75) is 89.9 Å². The van der Waals surface area contributed by atoms with Crippen molar-refractivity contribution in [2.75, 3.05) is 18.8 Å². The molecule has 1 aliphatic rings.